The van der Waals surface area contributed by atoms with Gasteiger partial charge in [0, 0.05) is 0 Å². The Hall–Kier alpha value is -0.790. The Labute approximate surface area is 188 Å². The fourth-order valence-electron chi connectivity index (χ4n) is 4.76. The number of aliphatic carboxylic acids is 1. The third-order valence-corrected chi connectivity index (χ3v) is 7.10. The largest absolute Gasteiger partial charge is 0.481 e. The Morgan fingerprint density at radius 1 is 0.767 bits per heavy atom. The van der Waals surface area contributed by atoms with Crippen LogP contribution in [-0.2, 0) is 4.79 Å². The van der Waals surface area contributed by atoms with E-state index in [1.54, 1.807) is 0 Å². The third-order valence-electron chi connectivity index (χ3n) is 7.10. The molecular weight excluding hydrogens is 368 g/mol. The number of allylic oxidation sites excluding steroid dienone is 2. The van der Waals surface area contributed by atoms with Gasteiger partial charge in [0.2, 0.25) is 0 Å². The van der Waals surface area contributed by atoms with Crippen LogP contribution < -0.4 is 0 Å². The summed E-state index contributed by atoms with van der Waals surface area (Å²) >= 11 is 0. The number of carboxylic acids is 1. The molecule has 0 aromatic heterocycles. The first-order valence-electron chi connectivity index (χ1n) is 13.5. The molecule has 0 aromatic rings. The van der Waals surface area contributed by atoms with E-state index in [0.29, 0.717) is 11.8 Å². The summed E-state index contributed by atoms with van der Waals surface area (Å²) in [7, 11) is 0. The number of rotatable bonds is 22. The molecule has 0 aliphatic heterocycles. The molecule has 1 aliphatic carbocycles. The van der Waals surface area contributed by atoms with Crippen LogP contribution in [0.3, 0.4) is 0 Å². The number of hydrogen-bond donors (Lipinski definition) is 1. The van der Waals surface area contributed by atoms with Crippen LogP contribution in [0.1, 0.15) is 142 Å². The monoisotopic (exact) mass is 420 g/mol. The van der Waals surface area contributed by atoms with E-state index >= 15 is 0 Å². The van der Waals surface area contributed by atoms with Crippen LogP contribution in [-0.4, -0.2) is 11.1 Å². The SMILES string of the molecule is CCCCCCCCC=CCCCCCCCCCCCCC1CC1C(C)C(=O)O. The van der Waals surface area contributed by atoms with Crippen molar-refractivity contribution in [1.29, 1.82) is 0 Å². The van der Waals surface area contributed by atoms with Gasteiger partial charge in [-0.1, -0.05) is 122 Å². The average Bonchev–Trinajstić information content (AvgIpc) is 3.51. The van der Waals surface area contributed by atoms with Crippen LogP contribution in [0.5, 0.6) is 0 Å². The second-order valence-electron chi connectivity index (χ2n) is 9.93. The smallest absolute Gasteiger partial charge is 0.306 e. The maximum Gasteiger partial charge on any atom is 0.306 e. The quantitative estimate of drug-likeness (QED) is 0.140. The Morgan fingerprint density at radius 2 is 1.20 bits per heavy atom. The number of hydrogen-bond acceptors (Lipinski definition) is 1. The molecule has 1 aliphatic rings. The fraction of sp³-hybridized carbons (Fsp3) is 0.893. The van der Waals surface area contributed by atoms with Crippen molar-refractivity contribution in [3.8, 4) is 0 Å². The van der Waals surface area contributed by atoms with E-state index in [-0.39, 0.29) is 5.92 Å². The summed E-state index contributed by atoms with van der Waals surface area (Å²) in [5.74, 6) is 0.443. The lowest BCUT2D eigenvalue weighted by Gasteiger charge is -2.05. The van der Waals surface area contributed by atoms with Crippen LogP contribution in [0.4, 0.5) is 0 Å². The lowest BCUT2D eigenvalue weighted by atomic mass is 10.0. The van der Waals surface area contributed by atoms with Crippen molar-refractivity contribution < 1.29 is 9.90 Å². The highest BCUT2D eigenvalue weighted by Crippen LogP contribution is 2.47. The molecule has 0 amide bonds. The highest BCUT2D eigenvalue weighted by Gasteiger charge is 2.42. The van der Waals surface area contributed by atoms with E-state index in [1.165, 1.54) is 122 Å². The van der Waals surface area contributed by atoms with Crippen molar-refractivity contribution in [1.82, 2.24) is 0 Å². The van der Waals surface area contributed by atoms with Crippen LogP contribution >= 0.6 is 0 Å². The molecule has 2 heteroatoms. The van der Waals surface area contributed by atoms with Crippen LogP contribution in [0.25, 0.3) is 0 Å². The molecule has 1 fully saturated rings. The van der Waals surface area contributed by atoms with Crippen molar-refractivity contribution in [3.05, 3.63) is 12.2 Å². The summed E-state index contributed by atoms with van der Waals surface area (Å²) in [5, 5.41) is 9.05. The molecule has 3 unspecified atom stereocenters. The van der Waals surface area contributed by atoms with Gasteiger partial charge in [-0.3, -0.25) is 4.79 Å². The van der Waals surface area contributed by atoms with E-state index in [9.17, 15) is 4.79 Å². The fourth-order valence-corrected chi connectivity index (χ4v) is 4.76. The Morgan fingerprint density at radius 3 is 1.67 bits per heavy atom. The molecule has 2 nitrogen and oxygen atoms in total. The molecule has 0 heterocycles. The Kier molecular flexibility index (Phi) is 17.2. The molecule has 176 valence electrons. The lowest BCUT2D eigenvalue weighted by molar-refractivity contribution is -0.141. The summed E-state index contributed by atoms with van der Waals surface area (Å²) in [6.45, 7) is 4.16. The summed E-state index contributed by atoms with van der Waals surface area (Å²) in [4.78, 5) is 11.0. The molecule has 0 saturated heterocycles. The number of unbranched alkanes of at least 4 members (excludes halogenated alkanes) is 16. The first-order chi connectivity index (χ1) is 14.7. The highest BCUT2D eigenvalue weighted by atomic mass is 16.4. The van der Waals surface area contributed by atoms with Crippen molar-refractivity contribution >= 4 is 5.97 Å². The van der Waals surface area contributed by atoms with Gasteiger partial charge in [-0.15, -0.1) is 0 Å². The van der Waals surface area contributed by atoms with Gasteiger partial charge in [-0.25, -0.2) is 0 Å². The first-order valence-corrected chi connectivity index (χ1v) is 13.5. The van der Waals surface area contributed by atoms with Crippen LogP contribution in [0, 0.1) is 17.8 Å². The van der Waals surface area contributed by atoms with Gasteiger partial charge in [0.15, 0.2) is 0 Å². The minimum atomic E-state index is -0.609. The van der Waals surface area contributed by atoms with E-state index in [0.717, 1.165) is 6.42 Å². The van der Waals surface area contributed by atoms with E-state index < -0.39 is 5.97 Å². The predicted octanol–water partition coefficient (Wildman–Crippen LogP) is 9.33. The molecule has 3 atom stereocenters. The summed E-state index contributed by atoms with van der Waals surface area (Å²) in [6, 6.07) is 0. The van der Waals surface area contributed by atoms with Crippen molar-refractivity contribution in [2.45, 2.75) is 142 Å². The van der Waals surface area contributed by atoms with Gasteiger partial charge in [-0.05, 0) is 43.9 Å². The van der Waals surface area contributed by atoms with E-state index in [1.807, 2.05) is 6.92 Å². The van der Waals surface area contributed by atoms with Gasteiger partial charge in [0.1, 0.15) is 0 Å². The second kappa shape index (κ2) is 18.9. The van der Waals surface area contributed by atoms with Crippen molar-refractivity contribution in [3.63, 3.8) is 0 Å². The standard InChI is InChI=1S/C28H52O2/c1-3-4-5-6-7-8-9-10-11-12-13-14-15-16-17-18-19-20-21-22-23-26-24-27(26)25(2)28(29)30/h10-11,25-27H,3-9,12-24H2,1-2H3,(H,29,30). The Bertz CT molecular complexity index is 428. The maximum atomic E-state index is 11.0. The molecule has 0 radical (unpaired) electrons. The molecule has 1 saturated carbocycles. The molecule has 0 aromatic carbocycles. The average molecular weight is 421 g/mol. The number of carboxylic acid groups (broad SMARTS) is 1. The van der Waals surface area contributed by atoms with E-state index in [4.69, 9.17) is 5.11 Å². The minimum Gasteiger partial charge on any atom is -0.481 e. The summed E-state index contributed by atoms with van der Waals surface area (Å²) in [5.41, 5.74) is 0. The third kappa shape index (κ3) is 15.1. The maximum absolute atomic E-state index is 11.0. The van der Waals surface area contributed by atoms with Gasteiger partial charge >= 0.3 is 5.97 Å². The predicted molar refractivity (Wildman–Crippen MR) is 131 cm³/mol. The zero-order chi connectivity index (χ0) is 21.9. The topological polar surface area (TPSA) is 37.3 Å². The Balaban J connectivity index is 1.71. The van der Waals surface area contributed by atoms with Gasteiger partial charge in [-0.2, -0.15) is 0 Å². The molecule has 0 bridgehead atoms. The summed E-state index contributed by atoms with van der Waals surface area (Å²) < 4.78 is 0. The van der Waals surface area contributed by atoms with Crippen molar-refractivity contribution in [2.24, 2.45) is 17.8 Å². The molecule has 0 spiro atoms. The first kappa shape index (κ1) is 27.2. The lowest BCUT2D eigenvalue weighted by Crippen LogP contribution is -2.12. The molecular formula is C28H52O2. The van der Waals surface area contributed by atoms with E-state index in [2.05, 4.69) is 19.1 Å². The van der Waals surface area contributed by atoms with Gasteiger partial charge in [0.05, 0.1) is 5.92 Å². The minimum absolute atomic E-state index is 0.129. The van der Waals surface area contributed by atoms with Crippen molar-refractivity contribution in [2.75, 3.05) is 0 Å². The van der Waals surface area contributed by atoms with Crippen LogP contribution in [0.15, 0.2) is 12.2 Å². The zero-order valence-corrected chi connectivity index (χ0v) is 20.4. The zero-order valence-electron chi connectivity index (χ0n) is 20.4. The number of carbonyl (C=O) groups is 1. The van der Waals surface area contributed by atoms with Gasteiger partial charge in [0.25, 0.3) is 0 Å². The van der Waals surface area contributed by atoms with Gasteiger partial charge < -0.3 is 5.11 Å². The molecule has 1 N–H and O–H groups in total. The second-order valence-corrected chi connectivity index (χ2v) is 9.93. The molecule has 30 heavy (non-hydrogen) atoms. The van der Waals surface area contributed by atoms with Crippen LogP contribution in [0.2, 0.25) is 0 Å². The normalized spacial score (nSPS) is 19.4. The highest BCUT2D eigenvalue weighted by molar-refractivity contribution is 5.70. The molecule has 1 rings (SSSR count). The summed E-state index contributed by atoms with van der Waals surface area (Å²) in [6.07, 6.45) is 32.0.